The lowest BCUT2D eigenvalue weighted by molar-refractivity contribution is 0.433. The average Bonchev–Trinajstić information content (AvgIpc) is 2.45. The summed E-state index contributed by atoms with van der Waals surface area (Å²) in [5, 5.41) is 3.26. The van der Waals surface area contributed by atoms with Gasteiger partial charge in [-0.2, -0.15) is 0 Å². The van der Waals surface area contributed by atoms with Gasteiger partial charge in [0.1, 0.15) is 0 Å². The molecule has 118 valence electrons. The number of rotatable bonds is 6. The van der Waals surface area contributed by atoms with E-state index < -0.39 is 9.84 Å². The van der Waals surface area contributed by atoms with E-state index in [0.717, 1.165) is 38.6 Å². The Labute approximate surface area is 129 Å². The van der Waals surface area contributed by atoms with Crippen molar-refractivity contribution in [3.05, 3.63) is 35.4 Å². The molecule has 2 atom stereocenters. The topological polar surface area (TPSA) is 46.2 Å². The van der Waals surface area contributed by atoms with Gasteiger partial charge in [-0.15, -0.1) is 0 Å². The molecule has 0 amide bonds. The van der Waals surface area contributed by atoms with Gasteiger partial charge in [0.15, 0.2) is 9.84 Å². The Bertz CT molecular complexity index is 536. The van der Waals surface area contributed by atoms with Crippen molar-refractivity contribution in [3.8, 4) is 0 Å². The zero-order chi connectivity index (χ0) is 15.3. The predicted molar refractivity (Wildman–Crippen MR) is 88.4 cm³/mol. The first-order chi connectivity index (χ1) is 10.0. The van der Waals surface area contributed by atoms with Gasteiger partial charge in [-0.05, 0) is 44.7 Å². The summed E-state index contributed by atoms with van der Waals surface area (Å²) < 4.78 is 24.8. The van der Waals surface area contributed by atoms with E-state index in [1.54, 1.807) is 0 Å². The van der Waals surface area contributed by atoms with Crippen LogP contribution in [0.1, 0.15) is 43.7 Å². The van der Waals surface area contributed by atoms with Gasteiger partial charge in [0, 0.05) is 6.04 Å². The molecule has 1 aliphatic rings. The van der Waals surface area contributed by atoms with Gasteiger partial charge >= 0.3 is 0 Å². The van der Waals surface area contributed by atoms with Crippen molar-refractivity contribution >= 4 is 9.84 Å². The lowest BCUT2D eigenvalue weighted by atomic mass is 9.98. The lowest BCUT2D eigenvalue weighted by Crippen LogP contribution is -2.48. The summed E-state index contributed by atoms with van der Waals surface area (Å²) in [7, 11) is -2.94. The Hall–Kier alpha value is -0.870. The molecule has 3 nitrogen and oxygen atoms in total. The molecule has 0 aromatic heterocycles. The summed E-state index contributed by atoms with van der Waals surface area (Å²) in [4.78, 5) is 0. The van der Waals surface area contributed by atoms with Gasteiger partial charge in [-0.1, -0.05) is 43.2 Å². The largest absolute Gasteiger partial charge is 0.312 e. The molecule has 1 heterocycles. The molecule has 21 heavy (non-hydrogen) atoms. The van der Waals surface area contributed by atoms with E-state index in [0.29, 0.717) is 5.75 Å². The van der Waals surface area contributed by atoms with Gasteiger partial charge < -0.3 is 5.32 Å². The third kappa shape index (κ3) is 4.55. The highest BCUT2D eigenvalue weighted by Gasteiger charge is 2.35. The highest BCUT2D eigenvalue weighted by Crippen LogP contribution is 2.24. The van der Waals surface area contributed by atoms with E-state index in [-0.39, 0.29) is 11.3 Å². The number of hydrogen-bond acceptors (Lipinski definition) is 3. The molecular formula is C17H27NO2S. The third-order valence-electron chi connectivity index (χ3n) is 4.31. The molecule has 1 saturated heterocycles. The molecule has 0 saturated carbocycles. The number of nitrogens with one attached hydrogen (secondary N) is 1. The van der Waals surface area contributed by atoms with Crippen LogP contribution >= 0.6 is 0 Å². The van der Waals surface area contributed by atoms with Crippen molar-refractivity contribution in [2.75, 3.05) is 12.3 Å². The molecule has 1 fully saturated rings. The molecule has 1 aromatic rings. The normalized spacial score (nSPS) is 22.9. The Balaban J connectivity index is 2.15. The summed E-state index contributed by atoms with van der Waals surface area (Å²) in [6.07, 6.45) is 4.48. The smallest absolute Gasteiger partial charge is 0.154 e. The van der Waals surface area contributed by atoms with Gasteiger partial charge in [0.05, 0.1) is 11.0 Å². The van der Waals surface area contributed by atoms with Crippen molar-refractivity contribution in [1.29, 1.82) is 0 Å². The molecule has 4 heteroatoms. The average molecular weight is 309 g/mol. The lowest BCUT2D eigenvalue weighted by Gasteiger charge is -2.31. The molecule has 1 N–H and O–H groups in total. The number of sulfone groups is 1. The molecule has 1 aliphatic heterocycles. The molecule has 0 aliphatic carbocycles. The van der Waals surface area contributed by atoms with Crippen molar-refractivity contribution in [2.45, 2.75) is 57.2 Å². The number of benzene rings is 1. The van der Waals surface area contributed by atoms with Crippen LogP contribution in [0.2, 0.25) is 0 Å². The molecule has 2 unspecified atom stereocenters. The van der Waals surface area contributed by atoms with Crippen molar-refractivity contribution in [1.82, 2.24) is 5.32 Å². The first kappa shape index (κ1) is 16.5. The maximum Gasteiger partial charge on any atom is 0.154 e. The molecule has 0 spiro atoms. The van der Waals surface area contributed by atoms with Crippen LogP contribution in [0.4, 0.5) is 0 Å². The maximum absolute atomic E-state index is 12.4. The fraction of sp³-hybridized carbons (Fsp3) is 0.647. The fourth-order valence-corrected chi connectivity index (χ4v) is 5.20. The van der Waals surface area contributed by atoms with Crippen molar-refractivity contribution in [2.24, 2.45) is 0 Å². The van der Waals surface area contributed by atoms with E-state index in [9.17, 15) is 8.42 Å². The standard InChI is InChI=1S/C17H27NO2S/c1-3-11-18-16(13-15-9-7-14(2)8-10-15)17-6-4-5-12-21(17,19)20/h7-10,16-18H,3-6,11-13H2,1-2H3. The van der Waals surface area contributed by atoms with Crippen LogP contribution in [-0.4, -0.2) is 32.0 Å². The second kappa shape index (κ2) is 7.41. The van der Waals surface area contributed by atoms with Crippen LogP contribution in [0.3, 0.4) is 0 Å². The molecule has 1 aromatic carbocycles. The Kier molecular flexibility index (Phi) is 5.82. The first-order valence-corrected chi connectivity index (χ1v) is 9.75. The minimum absolute atomic E-state index is 0.0398. The van der Waals surface area contributed by atoms with Crippen LogP contribution in [0.15, 0.2) is 24.3 Å². The minimum Gasteiger partial charge on any atom is -0.312 e. The van der Waals surface area contributed by atoms with Crippen molar-refractivity contribution < 1.29 is 8.42 Å². The highest BCUT2D eigenvalue weighted by atomic mass is 32.2. The molecule has 0 radical (unpaired) electrons. The third-order valence-corrected chi connectivity index (χ3v) is 6.65. The monoisotopic (exact) mass is 309 g/mol. The second-order valence-corrected chi connectivity index (χ2v) is 8.49. The SMILES string of the molecule is CCCNC(Cc1ccc(C)cc1)C1CCCCS1(=O)=O. The van der Waals surface area contributed by atoms with Crippen LogP contribution in [0, 0.1) is 6.92 Å². The predicted octanol–water partition coefficient (Wildman–Crippen LogP) is 2.87. The van der Waals surface area contributed by atoms with E-state index in [1.807, 2.05) is 0 Å². The maximum atomic E-state index is 12.4. The summed E-state index contributed by atoms with van der Waals surface area (Å²) in [5.74, 6) is 0.357. The number of aryl methyl sites for hydroxylation is 1. The quantitative estimate of drug-likeness (QED) is 0.879. The van der Waals surface area contributed by atoms with E-state index in [1.165, 1.54) is 11.1 Å². The summed E-state index contributed by atoms with van der Waals surface area (Å²) in [6.45, 7) is 5.07. The zero-order valence-electron chi connectivity index (χ0n) is 13.1. The van der Waals surface area contributed by atoms with Gasteiger partial charge in [0.25, 0.3) is 0 Å². The fourth-order valence-electron chi connectivity index (χ4n) is 3.07. The Morgan fingerprint density at radius 1 is 1.24 bits per heavy atom. The van der Waals surface area contributed by atoms with Gasteiger partial charge in [-0.25, -0.2) is 8.42 Å². The van der Waals surface area contributed by atoms with Crippen LogP contribution in [-0.2, 0) is 16.3 Å². The van der Waals surface area contributed by atoms with E-state index in [4.69, 9.17) is 0 Å². The Morgan fingerprint density at radius 2 is 1.95 bits per heavy atom. The highest BCUT2D eigenvalue weighted by molar-refractivity contribution is 7.92. The van der Waals surface area contributed by atoms with Gasteiger partial charge in [0.2, 0.25) is 0 Å². The minimum atomic E-state index is -2.94. The first-order valence-electron chi connectivity index (χ1n) is 8.03. The van der Waals surface area contributed by atoms with Crippen LogP contribution in [0.25, 0.3) is 0 Å². The zero-order valence-corrected chi connectivity index (χ0v) is 14.0. The van der Waals surface area contributed by atoms with E-state index in [2.05, 4.69) is 43.4 Å². The summed E-state index contributed by atoms with van der Waals surface area (Å²) in [6, 6.07) is 8.47. The summed E-state index contributed by atoms with van der Waals surface area (Å²) >= 11 is 0. The van der Waals surface area contributed by atoms with E-state index >= 15 is 0 Å². The van der Waals surface area contributed by atoms with Crippen LogP contribution < -0.4 is 5.32 Å². The Morgan fingerprint density at radius 3 is 2.57 bits per heavy atom. The second-order valence-electron chi connectivity index (χ2n) is 6.15. The van der Waals surface area contributed by atoms with Crippen molar-refractivity contribution in [3.63, 3.8) is 0 Å². The molecule has 0 bridgehead atoms. The summed E-state index contributed by atoms with van der Waals surface area (Å²) in [5.41, 5.74) is 2.46. The molecule has 2 rings (SSSR count). The molecular weight excluding hydrogens is 282 g/mol. The van der Waals surface area contributed by atoms with Crippen LogP contribution in [0.5, 0.6) is 0 Å². The van der Waals surface area contributed by atoms with Gasteiger partial charge in [-0.3, -0.25) is 0 Å². The number of hydrogen-bond donors (Lipinski definition) is 1.